The highest BCUT2D eigenvalue weighted by Gasteiger charge is 2.29. The van der Waals surface area contributed by atoms with Crippen LogP contribution >= 0.6 is 11.6 Å². The maximum atomic E-state index is 6.00. The van der Waals surface area contributed by atoms with E-state index in [4.69, 9.17) is 11.6 Å². The summed E-state index contributed by atoms with van der Waals surface area (Å²) in [5.41, 5.74) is 2.65. The highest BCUT2D eigenvalue weighted by molar-refractivity contribution is 6.30. The van der Waals surface area contributed by atoms with Crippen molar-refractivity contribution in [2.45, 2.75) is 18.9 Å². The van der Waals surface area contributed by atoms with Crippen molar-refractivity contribution in [2.24, 2.45) is 5.92 Å². The first-order chi connectivity index (χ1) is 7.33. The van der Waals surface area contributed by atoms with Crippen molar-refractivity contribution in [3.63, 3.8) is 0 Å². The summed E-state index contributed by atoms with van der Waals surface area (Å²) in [4.78, 5) is 0. The Morgan fingerprint density at radius 1 is 1.33 bits per heavy atom. The normalized spacial score (nSPS) is 28.9. The molecule has 1 saturated heterocycles. The quantitative estimate of drug-likeness (QED) is 0.704. The molecule has 3 heteroatoms. The zero-order valence-electron chi connectivity index (χ0n) is 8.59. The van der Waals surface area contributed by atoms with Crippen LogP contribution in [0, 0.1) is 5.92 Å². The summed E-state index contributed by atoms with van der Waals surface area (Å²) in [5.74, 6) is 0.743. The molecule has 0 amide bonds. The van der Waals surface area contributed by atoms with E-state index in [1.54, 1.807) is 0 Å². The summed E-state index contributed by atoms with van der Waals surface area (Å²) in [5, 5.41) is 7.90. The minimum Gasteiger partial charge on any atom is -0.382 e. The van der Waals surface area contributed by atoms with Crippen molar-refractivity contribution in [1.82, 2.24) is 5.32 Å². The van der Waals surface area contributed by atoms with Crippen molar-refractivity contribution in [2.75, 3.05) is 18.4 Å². The largest absolute Gasteiger partial charge is 0.382 e. The van der Waals surface area contributed by atoms with Crippen LogP contribution in [0.15, 0.2) is 18.2 Å². The van der Waals surface area contributed by atoms with Crippen molar-refractivity contribution in [3.8, 4) is 0 Å². The van der Waals surface area contributed by atoms with Gasteiger partial charge >= 0.3 is 0 Å². The number of anilines is 1. The Morgan fingerprint density at radius 3 is 3.20 bits per heavy atom. The van der Waals surface area contributed by atoms with Crippen LogP contribution < -0.4 is 10.6 Å². The van der Waals surface area contributed by atoms with Crippen LogP contribution in [-0.2, 0) is 6.42 Å². The molecule has 15 heavy (non-hydrogen) atoms. The van der Waals surface area contributed by atoms with E-state index in [0.29, 0.717) is 6.04 Å². The van der Waals surface area contributed by atoms with Gasteiger partial charge in [-0.05, 0) is 43.0 Å². The summed E-state index contributed by atoms with van der Waals surface area (Å²) in [6, 6.07) is 6.82. The van der Waals surface area contributed by atoms with Gasteiger partial charge < -0.3 is 10.6 Å². The molecule has 2 aliphatic heterocycles. The predicted molar refractivity (Wildman–Crippen MR) is 63.5 cm³/mol. The fraction of sp³-hybridized carbons (Fsp3) is 0.500. The molecule has 2 heterocycles. The Kier molecular flexibility index (Phi) is 2.33. The van der Waals surface area contributed by atoms with Gasteiger partial charge in [-0.25, -0.2) is 0 Å². The second-order valence-corrected chi connectivity index (χ2v) is 4.95. The molecule has 1 aromatic rings. The van der Waals surface area contributed by atoms with Gasteiger partial charge in [-0.1, -0.05) is 17.7 Å². The van der Waals surface area contributed by atoms with E-state index in [1.807, 2.05) is 6.07 Å². The Balaban J connectivity index is 1.92. The number of piperidine rings is 1. The molecule has 1 fully saturated rings. The average Bonchev–Trinajstić information content (AvgIpc) is 2.26. The van der Waals surface area contributed by atoms with Crippen LogP contribution in [0.4, 0.5) is 5.69 Å². The lowest BCUT2D eigenvalue weighted by Crippen LogP contribution is -2.47. The zero-order valence-corrected chi connectivity index (χ0v) is 9.35. The third-order valence-electron chi connectivity index (χ3n) is 3.50. The third-order valence-corrected chi connectivity index (χ3v) is 3.74. The Hall–Kier alpha value is -0.730. The molecule has 2 N–H and O–H groups in total. The lowest BCUT2D eigenvalue weighted by Gasteiger charge is -2.38. The maximum Gasteiger partial charge on any atom is 0.0426 e. The predicted octanol–water partition coefficient (Wildman–Crippen LogP) is 2.29. The highest BCUT2D eigenvalue weighted by atomic mass is 35.5. The second kappa shape index (κ2) is 3.69. The van der Waals surface area contributed by atoms with Crippen LogP contribution in [-0.4, -0.2) is 19.1 Å². The molecule has 0 bridgehead atoms. The van der Waals surface area contributed by atoms with E-state index in [2.05, 4.69) is 22.8 Å². The summed E-state index contributed by atoms with van der Waals surface area (Å²) in [7, 11) is 0. The molecule has 2 atom stereocenters. The number of nitrogens with one attached hydrogen (secondary N) is 2. The Labute approximate surface area is 95.0 Å². The van der Waals surface area contributed by atoms with Crippen LogP contribution in [0.5, 0.6) is 0 Å². The minimum absolute atomic E-state index is 0.636. The molecule has 0 aromatic heterocycles. The number of hydrogen-bond donors (Lipinski definition) is 2. The van der Waals surface area contributed by atoms with E-state index in [1.165, 1.54) is 24.1 Å². The van der Waals surface area contributed by atoms with E-state index < -0.39 is 0 Å². The van der Waals surface area contributed by atoms with Gasteiger partial charge in [-0.3, -0.25) is 0 Å². The SMILES string of the molecule is Clc1ccc2c(c1)NC1CCNCC1C2. The summed E-state index contributed by atoms with van der Waals surface area (Å²) < 4.78 is 0. The van der Waals surface area contributed by atoms with Gasteiger partial charge in [-0.2, -0.15) is 0 Å². The zero-order chi connectivity index (χ0) is 10.3. The molecule has 0 aliphatic carbocycles. The molecule has 3 rings (SSSR count). The monoisotopic (exact) mass is 222 g/mol. The van der Waals surface area contributed by atoms with Gasteiger partial charge in [0, 0.05) is 23.3 Å². The second-order valence-electron chi connectivity index (χ2n) is 4.51. The van der Waals surface area contributed by atoms with Gasteiger partial charge in [0.15, 0.2) is 0 Å². The molecule has 80 valence electrons. The number of halogens is 1. The number of rotatable bonds is 0. The first-order valence-electron chi connectivity index (χ1n) is 5.58. The fourth-order valence-corrected chi connectivity index (χ4v) is 2.84. The fourth-order valence-electron chi connectivity index (χ4n) is 2.67. The molecule has 0 spiro atoms. The molecular weight excluding hydrogens is 208 g/mol. The Bertz CT molecular complexity index is 378. The molecule has 2 nitrogen and oxygen atoms in total. The van der Waals surface area contributed by atoms with Gasteiger partial charge in [0.2, 0.25) is 0 Å². The lowest BCUT2D eigenvalue weighted by atomic mass is 9.83. The van der Waals surface area contributed by atoms with Crippen LogP contribution in [0.2, 0.25) is 5.02 Å². The standard InChI is InChI=1S/C12H15ClN2/c13-10-2-1-8-5-9-7-14-4-3-11(9)15-12(8)6-10/h1-2,6,9,11,14-15H,3-5,7H2. The van der Waals surface area contributed by atoms with Gasteiger partial charge in [0.1, 0.15) is 0 Å². The van der Waals surface area contributed by atoms with E-state index in [9.17, 15) is 0 Å². The van der Waals surface area contributed by atoms with Crippen LogP contribution in [0.3, 0.4) is 0 Å². The van der Waals surface area contributed by atoms with E-state index in [0.717, 1.165) is 24.0 Å². The summed E-state index contributed by atoms with van der Waals surface area (Å²) in [6.07, 6.45) is 2.40. The first kappa shape index (κ1) is 9.49. The maximum absolute atomic E-state index is 6.00. The molecule has 0 saturated carbocycles. The summed E-state index contributed by atoms with van der Waals surface area (Å²) >= 11 is 6.00. The summed E-state index contributed by atoms with van der Waals surface area (Å²) in [6.45, 7) is 2.27. The number of benzene rings is 1. The van der Waals surface area contributed by atoms with Crippen LogP contribution in [0.1, 0.15) is 12.0 Å². The van der Waals surface area contributed by atoms with Crippen molar-refractivity contribution in [1.29, 1.82) is 0 Å². The number of fused-ring (bicyclic) bond motifs is 2. The molecular formula is C12H15ClN2. The highest BCUT2D eigenvalue weighted by Crippen LogP contribution is 2.32. The van der Waals surface area contributed by atoms with E-state index >= 15 is 0 Å². The minimum atomic E-state index is 0.636. The molecule has 1 aromatic carbocycles. The van der Waals surface area contributed by atoms with Gasteiger partial charge in [-0.15, -0.1) is 0 Å². The van der Waals surface area contributed by atoms with Crippen molar-refractivity contribution in [3.05, 3.63) is 28.8 Å². The smallest absolute Gasteiger partial charge is 0.0426 e. The average molecular weight is 223 g/mol. The van der Waals surface area contributed by atoms with Crippen LogP contribution in [0.25, 0.3) is 0 Å². The van der Waals surface area contributed by atoms with Gasteiger partial charge in [0.25, 0.3) is 0 Å². The Morgan fingerprint density at radius 2 is 2.27 bits per heavy atom. The lowest BCUT2D eigenvalue weighted by molar-refractivity contribution is 0.333. The van der Waals surface area contributed by atoms with Crippen molar-refractivity contribution < 1.29 is 0 Å². The number of hydrogen-bond acceptors (Lipinski definition) is 2. The first-order valence-corrected chi connectivity index (χ1v) is 5.96. The molecule has 2 unspecified atom stereocenters. The third kappa shape index (κ3) is 1.72. The van der Waals surface area contributed by atoms with E-state index in [-0.39, 0.29) is 0 Å². The van der Waals surface area contributed by atoms with Gasteiger partial charge in [0.05, 0.1) is 0 Å². The topological polar surface area (TPSA) is 24.1 Å². The molecule has 0 radical (unpaired) electrons. The molecule has 2 aliphatic rings. The van der Waals surface area contributed by atoms with Crippen molar-refractivity contribution >= 4 is 17.3 Å².